The zero-order valence-corrected chi connectivity index (χ0v) is 19.9. The molecule has 2 aromatic carbocycles. The molecule has 7 heteroatoms. The van der Waals surface area contributed by atoms with Crippen LogP contribution in [0, 0.1) is 0 Å². The van der Waals surface area contributed by atoms with Gasteiger partial charge in [0.05, 0.1) is 24.4 Å². The van der Waals surface area contributed by atoms with Gasteiger partial charge < -0.3 is 20.5 Å². The fourth-order valence-electron chi connectivity index (χ4n) is 4.62. The average molecular weight is 450 g/mol. The summed E-state index contributed by atoms with van der Waals surface area (Å²) in [7, 11) is 0. The van der Waals surface area contributed by atoms with E-state index in [0.717, 1.165) is 52.3 Å². The molecule has 2 amide bonds. The van der Waals surface area contributed by atoms with Crippen molar-refractivity contribution in [2.75, 3.05) is 13.2 Å². The van der Waals surface area contributed by atoms with Crippen LogP contribution in [0.15, 0.2) is 35.3 Å². The number of amides is 2. The number of benzene rings is 2. The van der Waals surface area contributed by atoms with Crippen LogP contribution >= 0.6 is 0 Å². The number of aliphatic imine (C=N–C) groups is 1. The quantitative estimate of drug-likeness (QED) is 0.707. The Morgan fingerprint density at radius 3 is 2.64 bits per heavy atom. The van der Waals surface area contributed by atoms with Gasteiger partial charge in [0, 0.05) is 28.7 Å². The first kappa shape index (κ1) is 22.8. The number of nitrogens with two attached hydrogens (primary N) is 1. The Balaban J connectivity index is 1.84. The average Bonchev–Trinajstić information content (AvgIpc) is 3.06. The summed E-state index contributed by atoms with van der Waals surface area (Å²) in [6.07, 6.45) is 1.52. The van der Waals surface area contributed by atoms with E-state index in [1.165, 1.54) is 0 Å². The molecular formula is C26H31N3O4. The van der Waals surface area contributed by atoms with Crippen molar-refractivity contribution < 1.29 is 19.1 Å². The smallest absolute Gasteiger partial charge is 0.251 e. The first-order valence-corrected chi connectivity index (χ1v) is 11.3. The van der Waals surface area contributed by atoms with Crippen molar-refractivity contribution in [1.29, 1.82) is 0 Å². The zero-order chi connectivity index (χ0) is 24.0. The van der Waals surface area contributed by atoms with Crippen LogP contribution in [0.5, 0.6) is 11.5 Å². The van der Waals surface area contributed by atoms with Crippen molar-refractivity contribution in [3.05, 3.63) is 58.1 Å². The van der Waals surface area contributed by atoms with Crippen molar-refractivity contribution >= 4 is 17.5 Å². The lowest BCUT2D eigenvalue weighted by Gasteiger charge is -2.31. The molecule has 3 N–H and O–H groups in total. The van der Waals surface area contributed by atoms with Crippen molar-refractivity contribution in [1.82, 2.24) is 5.32 Å². The van der Waals surface area contributed by atoms with Crippen molar-refractivity contribution in [2.24, 2.45) is 10.7 Å². The molecular weight excluding hydrogens is 418 g/mol. The number of fused-ring (bicyclic) bond motifs is 3. The second-order valence-corrected chi connectivity index (χ2v) is 9.87. The minimum Gasteiger partial charge on any atom is -0.490 e. The predicted octanol–water partition coefficient (Wildman–Crippen LogP) is 3.19. The fraction of sp³-hybridized carbons (Fsp3) is 0.423. The highest BCUT2D eigenvalue weighted by atomic mass is 16.5. The summed E-state index contributed by atoms with van der Waals surface area (Å²) in [5, 5.41) is 2.55. The molecule has 0 unspecified atom stereocenters. The third kappa shape index (κ3) is 4.58. The highest BCUT2D eigenvalue weighted by molar-refractivity contribution is 6.17. The lowest BCUT2D eigenvalue weighted by atomic mass is 9.80. The first-order chi connectivity index (χ1) is 15.5. The van der Waals surface area contributed by atoms with Gasteiger partial charge in [0.2, 0.25) is 5.91 Å². The summed E-state index contributed by atoms with van der Waals surface area (Å²) < 4.78 is 12.3. The van der Waals surface area contributed by atoms with E-state index in [0.29, 0.717) is 12.2 Å². The highest BCUT2D eigenvalue weighted by Gasteiger charge is 2.39. The number of rotatable bonds is 6. The maximum atomic E-state index is 12.6. The molecule has 0 aromatic heterocycles. The zero-order valence-electron chi connectivity index (χ0n) is 19.9. The Morgan fingerprint density at radius 2 is 1.94 bits per heavy atom. The molecule has 0 aliphatic carbocycles. The van der Waals surface area contributed by atoms with Gasteiger partial charge >= 0.3 is 0 Å². The number of primary amides is 1. The second kappa shape index (κ2) is 8.21. The lowest BCUT2D eigenvalue weighted by molar-refractivity contribution is -0.117. The van der Waals surface area contributed by atoms with E-state index < -0.39 is 5.91 Å². The normalized spacial score (nSPS) is 17.3. The Labute approximate surface area is 194 Å². The number of nitrogens with one attached hydrogen (secondary N) is 1. The van der Waals surface area contributed by atoms with Gasteiger partial charge in [-0.15, -0.1) is 0 Å². The Kier molecular flexibility index (Phi) is 5.68. The third-order valence-corrected chi connectivity index (χ3v) is 5.80. The summed E-state index contributed by atoms with van der Waals surface area (Å²) in [4.78, 5) is 28.7. The summed E-state index contributed by atoms with van der Waals surface area (Å²) in [5.74, 6) is 0.611. The van der Waals surface area contributed by atoms with Crippen molar-refractivity contribution in [3.8, 4) is 11.5 Å². The van der Waals surface area contributed by atoms with Crippen molar-refractivity contribution in [3.63, 3.8) is 0 Å². The Hall–Kier alpha value is -3.35. The molecule has 0 fully saturated rings. The van der Waals surface area contributed by atoms with E-state index >= 15 is 0 Å². The van der Waals surface area contributed by atoms with Gasteiger partial charge in [-0.3, -0.25) is 14.6 Å². The molecule has 0 saturated carbocycles. The van der Waals surface area contributed by atoms with Gasteiger partial charge in [0.1, 0.15) is 5.60 Å². The molecule has 33 heavy (non-hydrogen) atoms. The molecule has 2 aromatic rings. The van der Waals surface area contributed by atoms with Crippen LogP contribution in [0.2, 0.25) is 0 Å². The second-order valence-electron chi connectivity index (χ2n) is 9.87. The molecule has 2 heterocycles. The van der Waals surface area contributed by atoms with E-state index in [2.05, 4.69) is 39.1 Å². The largest absolute Gasteiger partial charge is 0.490 e. The molecule has 174 valence electrons. The number of hydrogen-bond donors (Lipinski definition) is 2. The Bertz CT molecular complexity index is 1160. The number of hydrogen-bond acceptors (Lipinski definition) is 5. The number of nitrogens with zero attached hydrogens (tertiary/aromatic N) is 1. The van der Waals surface area contributed by atoms with Crippen LogP contribution in [0.1, 0.15) is 67.2 Å². The van der Waals surface area contributed by atoms with E-state index in [-0.39, 0.29) is 23.6 Å². The molecule has 0 atom stereocenters. The number of carbonyl (C=O) groups excluding carboxylic acids is 2. The minimum atomic E-state index is -0.588. The SMILES string of the molecule is CCOc1cc2c(c3c1OC(C)(C)C3)C(c1cccc(C(=O)NCC(N)=O)c1)=NC(C)(C)C2. The van der Waals surface area contributed by atoms with Crippen LogP contribution in [-0.4, -0.2) is 41.8 Å². The molecule has 2 aliphatic heterocycles. The van der Waals surface area contributed by atoms with E-state index in [4.69, 9.17) is 20.2 Å². The van der Waals surface area contributed by atoms with Gasteiger partial charge in [0.15, 0.2) is 11.5 Å². The maximum absolute atomic E-state index is 12.6. The van der Waals surface area contributed by atoms with E-state index in [1.54, 1.807) is 6.07 Å². The number of ether oxygens (including phenoxy) is 2. The van der Waals surface area contributed by atoms with Gasteiger partial charge in [-0.1, -0.05) is 12.1 Å². The molecule has 0 saturated heterocycles. The van der Waals surface area contributed by atoms with Gasteiger partial charge in [0.25, 0.3) is 5.91 Å². The van der Waals surface area contributed by atoms with Crippen LogP contribution in [0.25, 0.3) is 0 Å². The molecule has 0 bridgehead atoms. The van der Waals surface area contributed by atoms with E-state index in [9.17, 15) is 9.59 Å². The van der Waals surface area contributed by atoms with Gasteiger partial charge in [-0.2, -0.15) is 0 Å². The van der Waals surface area contributed by atoms with E-state index in [1.807, 2.05) is 25.1 Å². The highest BCUT2D eigenvalue weighted by Crippen LogP contribution is 2.48. The summed E-state index contributed by atoms with van der Waals surface area (Å²) in [6, 6.07) is 9.39. The predicted molar refractivity (Wildman–Crippen MR) is 127 cm³/mol. The molecule has 4 rings (SSSR count). The first-order valence-electron chi connectivity index (χ1n) is 11.3. The van der Waals surface area contributed by atoms with Crippen LogP contribution < -0.4 is 20.5 Å². The summed E-state index contributed by atoms with van der Waals surface area (Å²) in [5.41, 5.74) is 9.94. The topological polar surface area (TPSA) is 103 Å². The molecule has 0 spiro atoms. The lowest BCUT2D eigenvalue weighted by Crippen LogP contribution is -2.33. The van der Waals surface area contributed by atoms with Gasteiger partial charge in [-0.05, 0) is 64.8 Å². The molecule has 7 nitrogen and oxygen atoms in total. The maximum Gasteiger partial charge on any atom is 0.251 e. The standard InChI is InChI=1S/C26H31N3O4/c1-6-32-19-11-17-12-25(2,3)29-22(21(17)18-13-26(4,5)33-23(18)19)15-8-7-9-16(10-15)24(31)28-14-20(27)30/h7-11H,6,12-14H2,1-5H3,(H2,27,30)(H,28,31). The van der Waals surface area contributed by atoms with Crippen LogP contribution in [-0.2, 0) is 17.6 Å². The van der Waals surface area contributed by atoms with Gasteiger partial charge in [-0.25, -0.2) is 0 Å². The monoisotopic (exact) mass is 449 g/mol. The summed E-state index contributed by atoms with van der Waals surface area (Å²) in [6.45, 7) is 10.7. The van der Waals surface area contributed by atoms with Crippen LogP contribution in [0.4, 0.5) is 0 Å². The molecule has 0 radical (unpaired) electrons. The Morgan fingerprint density at radius 1 is 1.18 bits per heavy atom. The molecule has 2 aliphatic rings. The number of carbonyl (C=O) groups is 2. The van der Waals surface area contributed by atoms with Crippen molar-refractivity contribution in [2.45, 2.75) is 58.6 Å². The summed E-state index contributed by atoms with van der Waals surface area (Å²) >= 11 is 0. The minimum absolute atomic E-state index is 0.208. The van der Waals surface area contributed by atoms with Crippen LogP contribution in [0.3, 0.4) is 0 Å². The fourth-order valence-corrected chi connectivity index (χ4v) is 4.62. The third-order valence-electron chi connectivity index (χ3n) is 5.80.